The molecule has 2 aliphatic rings. The van der Waals surface area contributed by atoms with Gasteiger partial charge >= 0.3 is 0 Å². The van der Waals surface area contributed by atoms with Gasteiger partial charge in [0.1, 0.15) is 11.2 Å². The minimum Gasteiger partial charge on any atom is -0.456 e. The molecule has 2 aromatic heterocycles. The van der Waals surface area contributed by atoms with E-state index in [1.165, 1.54) is 4.90 Å². The van der Waals surface area contributed by atoms with Gasteiger partial charge in [0.05, 0.1) is 17.2 Å². The first-order chi connectivity index (χ1) is 9.58. The maximum atomic E-state index is 12.5. The van der Waals surface area contributed by atoms with Crippen LogP contribution in [-0.2, 0) is 4.79 Å². The third-order valence-electron chi connectivity index (χ3n) is 4.18. The fraction of sp³-hybridized carbons (Fsp3) is 0.357. The first-order valence-electron chi connectivity index (χ1n) is 6.54. The highest BCUT2D eigenvalue weighted by molar-refractivity contribution is 6.27. The highest BCUT2D eigenvalue weighted by Gasteiger charge is 2.45. The van der Waals surface area contributed by atoms with Crippen molar-refractivity contribution in [3.8, 4) is 0 Å². The number of rotatable bonds is 1. The summed E-state index contributed by atoms with van der Waals surface area (Å²) < 4.78 is 5.37. The average molecular weight is 272 g/mol. The lowest BCUT2D eigenvalue weighted by Gasteiger charge is -2.34. The van der Waals surface area contributed by atoms with E-state index < -0.39 is 0 Å². The summed E-state index contributed by atoms with van der Waals surface area (Å²) in [5.74, 6) is -0.547. The summed E-state index contributed by atoms with van der Waals surface area (Å²) in [5, 5.41) is 0. The van der Waals surface area contributed by atoms with Crippen LogP contribution in [0.4, 0.5) is 0 Å². The highest BCUT2D eigenvalue weighted by atomic mass is 16.3. The molecule has 2 aliphatic heterocycles. The van der Waals surface area contributed by atoms with Crippen molar-refractivity contribution < 1.29 is 18.8 Å². The lowest BCUT2D eigenvalue weighted by molar-refractivity contribution is -0.133. The number of piperidine rings is 1. The minimum atomic E-state index is -0.299. The molecule has 1 fully saturated rings. The van der Waals surface area contributed by atoms with Gasteiger partial charge in [0.2, 0.25) is 5.91 Å². The Morgan fingerprint density at radius 1 is 1.10 bits per heavy atom. The lowest BCUT2D eigenvalue weighted by Crippen LogP contribution is -2.50. The van der Waals surface area contributed by atoms with Crippen molar-refractivity contribution in [2.75, 3.05) is 13.6 Å². The number of amides is 3. The summed E-state index contributed by atoms with van der Waals surface area (Å²) in [6.45, 7) is 0.399. The number of likely N-dealkylation sites (tertiary alicyclic amines) is 1. The number of nitrogens with zero attached hydrogens (tertiary/aromatic N) is 2. The topological polar surface area (TPSA) is 70.8 Å². The van der Waals surface area contributed by atoms with E-state index in [1.807, 2.05) is 0 Å². The van der Waals surface area contributed by atoms with Gasteiger partial charge in [0, 0.05) is 20.0 Å². The van der Waals surface area contributed by atoms with E-state index in [0.717, 1.165) is 0 Å². The first-order valence-corrected chi connectivity index (χ1v) is 6.54. The van der Waals surface area contributed by atoms with Crippen molar-refractivity contribution in [1.82, 2.24) is 9.80 Å². The third-order valence-corrected chi connectivity index (χ3v) is 4.18. The van der Waals surface area contributed by atoms with Crippen LogP contribution in [0.2, 0.25) is 0 Å². The van der Waals surface area contributed by atoms with Crippen LogP contribution in [0.25, 0.3) is 11.2 Å². The number of carbonyl (C=O) groups is 3. The summed E-state index contributed by atoms with van der Waals surface area (Å²) in [4.78, 5) is 39.3. The number of likely N-dealkylation sites (N-methyl/N-ethyl adjacent to an activating group) is 1. The van der Waals surface area contributed by atoms with Crippen LogP contribution in [0.3, 0.4) is 0 Å². The number of hydrogen-bond acceptors (Lipinski definition) is 4. The van der Waals surface area contributed by atoms with Gasteiger partial charge in [-0.3, -0.25) is 19.3 Å². The zero-order valence-electron chi connectivity index (χ0n) is 10.9. The molecule has 0 radical (unpaired) electrons. The van der Waals surface area contributed by atoms with Crippen molar-refractivity contribution in [2.24, 2.45) is 0 Å². The predicted molar refractivity (Wildman–Crippen MR) is 68.6 cm³/mol. The Morgan fingerprint density at radius 2 is 1.70 bits per heavy atom. The van der Waals surface area contributed by atoms with E-state index in [4.69, 9.17) is 4.42 Å². The van der Waals surface area contributed by atoms with Gasteiger partial charge in [-0.1, -0.05) is 0 Å². The zero-order chi connectivity index (χ0) is 14.0. The fourth-order valence-electron chi connectivity index (χ4n) is 3.14. The van der Waals surface area contributed by atoms with Crippen LogP contribution in [-0.4, -0.2) is 47.2 Å². The Morgan fingerprint density at radius 3 is 2.25 bits per heavy atom. The molecule has 1 atom stereocenters. The molecule has 3 amide bonds. The van der Waals surface area contributed by atoms with Gasteiger partial charge in [-0.2, -0.15) is 0 Å². The Balaban J connectivity index is 1.72. The number of hydrogen-bond donors (Lipinski definition) is 0. The van der Waals surface area contributed by atoms with Crippen molar-refractivity contribution in [3.63, 3.8) is 0 Å². The largest absolute Gasteiger partial charge is 0.456 e. The van der Waals surface area contributed by atoms with Gasteiger partial charge in [-0.15, -0.1) is 0 Å². The van der Waals surface area contributed by atoms with E-state index in [2.05, 4.69) is 0 Å². The third kappa shape index (κ3) is 1.25. The Kier molecular flexibility index (Phi) is 2.06. The number of furan rings is 2. The molecule has 6 heteroatoms. The molecule has 6 nitrogen and oxygen atoms in total. The van der Waals surface area contributed by atoms with E-state index in [1.54, 1.807) is 24.1 Å². The molecule has 2 aromatic rings. The molecular weight excluding hydrogens is 260 g/mol. The molecule has 0 aromatic carbocycles. The second-order valence-electron chi connectivity index (χ2n) is 5.36. The first kappa shape index (κ1) is 11.5. The maximum absolute atomic E-state index is 12.5. The van der Waals surface area contributed by atoms with Gasteiger partial charge in [0.15, 0.2) is 0 Å². The van der Waals surface area contributed by atoms with E-state index in [9.17, 15) is 14.4 Å². The number of imide groups is 1. The van der Waals surface area contributed by atoms with Gasteiger partial charge < -0.3 is 9.32 Å². The molecule has 0 saturated carbocycles. The summed E-state index contributed by atoms with van der Waals surface area (Å²) in [7, 11) is 1.69. The van der Waals surface area contributed by atoms with Gasteiger partial charge in [-0.05, 0) is 18.6 Å². The smallest absolute Gasteiger partial charge is 0.265 e. The highest BCUT2D eigenvalue weighted by Crippen LogP contribution is 2.37. The van der Waals surface area contributed by atoms with Crippen LogP contribution in [0.1, 0.15) is 33.6 Å². The zero-order valence-corrected chi connectivity index (χ0v) is 10.9. The van der Waals surface area contributed by atoms with Gasteiger partial charge in [-0.25, -0.2) is 0 Å². The number of benzene rings is 1. The van der Waals surface area contributed by atoms with Crippen LogP contribution < -0.4 is 0 Å². The minimum absolute atomic E-state index is 0.0506. The molecule has 2 bridgehead atoms. The Hall–Kier alpha value is -2.37. The van der Waals surface area contributed by atoms with Crippen LogP contribution >= 0.6 is 0 Å². The lowest BCUT2D eigenvalue weighted by atomic mass is 10.0. The standard InChI is InChI=1S/C14H12N2O4/c1-15-6-7(2-5-10(15)17)16-13(18)11-8-3-4-9(20-8)12(11)14(16)19/h3-4,7H,2,5-6H2,1H3. The monoisotopic (exact) mass is 272 g/mol. The molecule has 102 valence electrons. The molecule has 20 heavy (non-hydrogen) atoms. The molecule has 4 heterocycles. The summed E-state index contributed by atoms with van der Waals surface area (Å²) >= 11 is 0. The van der Waals surface area contributed by atoms with Gasteiger partial charge in [0.25, 0.3) is 11.8 Å². The van der Waals surface area contributed by atoms with E-state index in [-0.39, 0.29) is 23.8 Å². The van der Waals surface area contributed by atoms with E-state index in [0.29, 0.717) is 41.7 Å². The van der Waals surface area contributed by atoms with Crippen LogP contribution in [0, 0.1) is 0 Å². The van der Waals surface area contributed by atoms with Crippen LogP contribution in [0.5, 0.6) is 0 Å². The summed E-state index contributed by atoms with van der Waals surface area (Å²) in [6, 6.07) is 3.17. The SMILES string of the molecule is CN1CC(N2C(=O)c3c(c4ccc3o4)C2=O)CCC1=O. The van der Waals surface area contributed by atoms with Crippen LogP contribution in [0.15, 0.2) is 16.5 Å². The van der Waals surface area contributed by atoms with Crippen molar-refractivity contribution in [3.05, 3.63) is 23.3 Å². The maximum Gasteiger partial charge on any atom is 0.265 e. The average Bonchev–Trinajstić information content (AvgIpc) is 3.08. The number of carbonyl (C=O) groups excluding carboxylic acids is 3. The molecule has 0 N–H and O–H groups in total. The Labute approximate surface area is 114 Å². The Bertz CT molecular complexity index is 702. The molecular formula is C14H12N2O4. The predicted octanol–water partition coefficient (Wildman–Crippen LogP) is 1.09. The quantitative estimate of drug-likeness (QED) is 0.728. The second-order valence-corrected chi connectivity index (χ2v) is 5.36. The van der Waals surface area contributed by atoms with Crippen molar-refractivity contribution >= 4 is 28.9 Å². The fourth-order valence-corrected chi connectivity index (χ4v) is 3.14. The molecule has 0 spiro atoms. The molecule has 1 unspecified atom stereocenters. The molecule has 0 aliphatic carbocycles. The van der Waals surface area contributed by atoms with Crippen molar-refractivity contribution in [2.45, 2.75) is 18.9 Å². The normalized spacial score (nSPS) is 23.2. The summed E-state index contributed by atoms with van der Waals surface area (Å²) in [5.41, 5.74) is 1.70. The summed E-state index contributed by atoms with van der Waals surface area (Å²) in [6.07, 6.45) is 0.894. The van der Waals surface area contributed by atoms with E-state index >= 15 is 0 Å². The molecule has 4 rings (SSSR count). The van der Waals surface area contributed by atoms with Crippen molar-refractivity contribution in [1.29, 1.82) is 0 Å². The second kappa shape index (κ2) is 3.59. The number of fused-ring (bicyclic) bond motifs is 5. The molecule has 1 saturated heterocycles.